The topological polar surface area (TPSA) is 66.5 Å². The first-order valence-corrected chi connectivity index (χ1v) is 10.1. The number of hydrogen-bond acceptors (Lipinski definition) is 3. The van der Waals surface area contributed by atoms with Crippen molar-refractivity contribution in [2.75, 3.05) is 6.54 Å². The lowest BCUT2D eigenvalue weighted by atomic mass is 9.88. The van der Waals surface area contributed by atoms with Gasteiger partial charge in [0.15, 0.2) is 0 Å². The van der Waals surface area contributed by atoms with Crippen molar-refractivity contribution >= 4 is 0 Å². The van der Waals surface area contributed by atoms with Crippen LogP contribution in [0.1, 0.15) is 71.1 Å². The highest BCUT2D eigenvalue weighted by Gasteiger charge is 2.43. The van der Waals surface area contributed by atoms with Crippen LogP contribution in [0.25, 0.3) is 0 Å². The van der Waals surface area contributed by atoms with Gasteiger partial charge in [0, 0.05) is 5.92 Å². The summed E-state index contributed by atoms with van der Waals surface area (Å²) in [7, 11) is 0. The molecule has 0 aromatic rings. The molecule has 138 valence electrons. The van der Waals surface area contributed by atoms with Gasteiger partial charge in [-0.15, -0.1) is 0 Å². The van der Waals surface area contributed by atoms with Crippen LogP contribution < -0.4 is 5.73 Å². The summed E-state index contributed by atoms with van der Waals surface area (Å²) in [5.41, 5.74) is 7.14. The summed E-state index contributed by atoms with van der Waals surface area (Å²) >= 11 is 0. The summed E-state index contributed by atoms with van der Waals surface area (Å²) in [6.45, 7) is 2.97. The highest BCUT2D eigenvalue weighted by atomic mass is 16.3. The molecule has 2 aliphatic carbocycles. The number of rotatable bonds is 11. The molecule has 0 saturated heterocycles. The number of aliphatic hydroxyl groups is 2. The fraction of sp³-hybridized carbons (Fsp3) is 0.810. The molecule has 0 amide bonds. The lowest BCUT2D eigenvalue weighted by Crippen LogP contribution is -2.18. The third-order valence-electron chi connectivity index (χ3n) is 5.81. The second kappa shape index (κ2) is 10.4. The zero-order chi connectivity index (χ0) is 17.4. The molecule has 4 N–H and O–H groups in total. The fourth-order valence-corrected chi connectivity index (χ4v) is 4.42. The second-order valence-corrected chi connectivity index (χ2v) is 7.78. The molecular weight excluding hydrogens is 298 g/mol. The van der Waals surface area contributed by atoms with Crippen LogP contribution in [0.2, 0.25) is 0 Å². The Morgan fingerprint density at radius 1 is 1.25 bits per heavy atom. The van der Waals surface area contributed by atoms with Gasteiger partial charge in [0.2, 0.25) is 0 Å². The van der Waals surface area contributed by atoms with Crippen LogP contribution in [0.15, 0.2) is 23.8 Å². The Balaban J connectivity index is 1.79. The summed E-state index contributed by atoms with van der Waals surface area (Å²) in [4.78, 5) is 0. The molecule has 0 heterocycles. The van der Waals surface area contributed by atoms with Crippen LogP contribution in [0, 0.1) is 17.8 Å². The van der Waals surface area contributed by atoms with E-state index in [-0.39, 0.29) is 18.1 Å². The van der Waals surface area contributed by atoms with Crippen LogP contribution in [-0.4, -0.2) is 29.0 Å². The van der Waals surface area contributed by atoms with E-state index in [2.05, 4.69) is 19.1 Å². The van der Waals surface area contributed by atoms with Gasteiger partial charge in [0.25, 0.3) is 0 Å². The molecule has 5 atom stereocenters. The zero-order valence-electron chi connectivity index (χ0n) is 15.4. The first-order valence-electron chi connectivity index (χ1n) is 10.1. The van der Waals surface area contributed by atoms with Crippen molar-refractivity contribution in [3.05, 3.63) is 23.8 Å². The van der Waals surface area contributed by atoms with E-state index >= 15 is 0 Å². The Kier molecular flexibility index (Phi) is 8.51. The van der Waals surface area contributed by atoms with E-state index in [1.807, 2.05) is 6.08 Å². The number of nitrogens with two attached hydrogens (primary N) is 1. The largest absolute Gasteiger partial charge is 0.392 e. The SMILES string of the molecule is CCCCC[C@@H](O)/C=C/[C@@H]1[C@H]2CC(CCCCCN)=C[C@H]2C[C@H]1O. The Morgan fingerprint density at radius 2 is 2.08 bits per heavy atom. The maximum atomic E-state index is 10.4. The van der Waals surface area contributed by atoms with Crippen molar-refractivity contribution in [2.24, 2.45) is 23.5 Å². The van der Waals surface area contributed by atoms with E-state index < -0.39 is 0 Å². The number of hydrogen-bond donors (Lipinski definition) is 3. The molecule has 0 spiro atoms. The van der Waals surface area contributed by atoms with Crippen molar-refractivity contribution < 1.29 is 10.2 Å². The van der Waals surface area contributed by atoms with Gasteiger partial charge in [-0.1, -0.05) is 56.4 Å². The third-order valence-corrected chi connectivity index (χ3v) is 5.81. The summed E-state index contributed by atoms with van der Waals surface area (Å²) in [6, 6.07) is 0. The zero-order valence-corrected chi connectivity index (χ0v) is 15.4. The van der Waals surface area contributed by atoms with Crippen LogP contribution >= 0.6 is 0 Å². The number of unbranched alkanes of at least 4 members (excludes halogenated alkanes) is 4. The molecule has 0 bridgehead atoms. The van der Waals surface area contributed by atoms with Gasteiger partial charge in [0.1, 0.15) is 0 Å². The summed E-state index contributed by atoms with van der Waals surface area (Å²) < 4.78 is 0. The molecule has 2 aliphatic rings. The van der Waals surface area contributed by atoms with Crippen LogP contribution in [0.5, 0.6) is 0 Å². The lowest BCUT2D eigenvalue weighted by molar-refractivity contribution is 0.139. The normalized spacial score (nSPS) is 30.8. The Labute approximate surface area is 148 Å². The predicted molar refractivity (Wildman–Crippen MR) is 101 cm³/mol. The second-order valence-electron chi connectivity index (χ2n) is 7.78. The summed E-state index contributed by atoms with van der Waals surface area (Å²) in [6.07, 6.45) is 17.0. The summed E-state index contributed by atoms with van der Waals surface area (Å²) in [5.74, 6) is 1.30. The summed E-state index contributed by atoms with van der Waals surface area (Å²) in [5, 5.41) is 20.5. The molecule has 0 aromatic carbocycles. The number of allylic oxidation sites excluding steroid dienone is 2. The van der Waals surface area contributed by atoms with Crippen LogP contribution in [0.3, 0.4) is 0 Å². The van der Waals surface area contributed by atoms with Crippen molar-refractivity contribution in [3.63, 3.8) is 0 Å². The first kappa shape index (κ1) is 19.7. The molecule has 3 heteroatoms. The minimum absolute atomic E-state index is 0.216. The molecule has 1 fully saturated rings. The van der Waals surface area contributed by atoms with E-state index in [1.54, 1.807) is 5.57 Å². The van der Waals surface area contributed by atoms with Gasteiger partial charge in [-0.3, -0.25) is 0 Å². The van der Waals surface area contributed by atoms with Crippen molar-refractivity contribution in [2.45, 2.75) is 83.3 Å². The average molecular weight is 336 g/mol. The molecule has 0 radical (unpaired) electrons. The van der Waals surface area contributed by atoms with E-state index in [1.165, 1.54) is 32.1 Å². The van der Waals surface area contributed by atoms with Crippen molar-refractivity contribution in [3.8, 4) is 0 Å². The van der Waals surface area contributed by atoms with Crippen molar-refractivity contribution in [1.82, 2.24) is 0 Å². The molecule has 3 nitrogen and oxygen atoms in total. The van der Waals surface area contributed by atoms with E-state index in [4.69, 9.17) is 5.73 Å². The lowest BCUT2D eigenvalue weighted by Gasteiger charge is -2.19. The average Bonchev–Trinajstić information content (AvgIpc) is 3.06. The molecular formula is C21H37NO2. The Morgan fingerprint density at radius 3 is 2.83 bits per heavy atom. The van der Waals surface area contributed by atoms with Gasteiger partial charge in [-0.2, -0.15) is 0 Å². The monoisotopic (exact) mass is 335 g/mol. The number of fused-ring (bicyclic) bond motifs is 1. The van der Waals surface area contributed by atoms with E-state index in [0.29, 0.717) is 11.8 Å². The van der Waals surface area contributed by atoms with Gasteiger partial charge in [-0.05, 0) is 56.9 Å². The maximum Gasteiger partial charge on any atom is 0.0721 e. The molecule has 24 heavy (non-hydrogen) atoms. The van der Waals surface area contributed by atoms with Gasteiger partial charge >= 0.3 is 0 Å². The number of aliphatic hydroxyl groups excluding tert-OH is 2. The predicted octanol–water partition coefficient (Wildman–Crippen LogP) is 3.95. The Bertz CT molecular complexity index is 418. The minimum atomic E-state index is -0.354. The third kappa shape index (κ3) is 5.72. The van der Waals surface area contributed by atoms with Gasteiger partial charge in [0.05, 0.1) is 12.2 Å². The molecule has 0 aliphatic heterocycles. The highest BCUT2D eigenvalue weighted by molar-refractivity contribution is 5.20. The minimum Gasteiger partial charge on any atom is -0.392 e. The van der Waals surface area contributed by atoms with Crippen LogP contribution in [0.4, 0.5) is 0 Å². The quantitative estimate of drug-likeness (QED) is 0.396. The molecule has 0 aromatic heterocycles. The fourth-order valence-electron chi connectivity index (χ4n) is 4.42. The molecule has 2 rings (SSSR count). The van der Waals surface area contributed by atoms with Gasteiger partial charge in [-0.25, -0.2) is 0 Å². The Hall–Kier alpha value is -0.640. The molecule has 1 saturated carbocycles. The smallest absolute Gasteiger partial charge is 0.0721 e. The maximum absolute atomic E-state index is 10.4. The first-order chi connectivity index (χ1) is 11.7. The van der Waals surface area contributed by atoms with Crippen LogP contribution in [-0.2, 0) is 0 Å². The standard InChI is InChI=1S/C21H37NO2/c1-2-3-5-9-18(23)10-11-19-20-14-16(8-6-4-7-12-22)13-17(20)15-21(19)24/h10-11,13,17-21,23-24H,2-9,12,14-15,22H2,1H3/b11-10+/t17-,18+,19+,20-,21+/m0/s1. The van der Waals surface area contributed by atoms with E-state index in [0.717, 1.165) is 38.6 Å². The van der Waals surface area contributed by atoms with Gasteiger partial charge < -0.3 is 15.9 Å². The van der Waals surface area contributed by atoms with E-state index in [9.17, 15) is 10.2 Å². The molecule has 0 unspecified atom stereocenters. The van der Waals surface area contributed by atoms with Crippen molar-refractivity contribution in [1.29, 1.82) is 0 Å². The highest BCUT2D eigenvalue weighted by Crippen LogP contribution is 2.48.